The van der Waals surface area contributed by atoms with E-state index in [9.17, 15) is 9.59 Å². The SMILES string of the molecule is CCc1ccccc1Oc1coc2cc(OC(=O)CC(C)(C)C)ccc2c1=O. The molecule has 5 nitrogen and oxygen atoms in total. The maximum absolute atomic E-state index is 12.8. The van der Waals surface area contributed by atoms with Gasteiger partial charge in [0, 0.05) is 6.07 Å². The Labute approximate surface area is 163 Å². The molecule has 1 heterocycles. The Hall–Kier alpha value is -3.08. The van der Waals surface area contributed by atoms with Crippen LogP contribution < -0.4 is 14.9 Å². The first-order chi connectivity index (χ1) is 13.3. The maximum Gasteiger partial charge on any atom is 0.311 e. The molecule has 0 radical (unpaired) electrons. The van der Waals surface area contributed by atoms with Crippen LogP contribution in [0.3, 0.4) is 0 Å². The summed E-state index contributed by atoms with van der Waals surface area (Å²) in [6.07, 6.45) is 2.37. The molecule has 0 bridgehead atoms. The van der Waals surface area contributed by atoms with Crippen LogP contribution in [-0.4, -0.2) is 5.97 Å². The third-order valence-corrected chi connectivity index (χ3v) is 4.19. The first-order valence-corrected chi connectivity index (χ1v) is 9.29. The molecule has 0 atom stereocenters. The topological polar surface area (TPSA) is 65.7 Å². The number of carbonyl (C=O) groups excluding carboxylic acids is 1. The fourth-order valence-corrected chi connectivity index (χ4v) is 2.84. The van der Waals surface area contributed by atoms with E-state index in [1.807, 2.05) is 52.0 Å². The molecule has 0 aliphatic rings. The van der Waals surface area contributed by atoms with E-state index in [-0.39, 0.29) is 22.6 Å². The van der Waals surface area contributed by atoms with Crippen molar-refractivity contribution >= 4 is 16.9 Å². The molecular weight excluding hydrogens is 356 g/mol. The van der Waals surface area contributed by atoms with Crippen molar-refractivity contribution in [3.63, 3.8) is 0 Å². The van der Waals surface area contributed by atoms with Crippen LogP contribution in [0.5, 0.6) is 17.2 Å². The number of rotatable bonds is 5. The minimum absolute atomic E-state index is 0.117. The molecule has 0 fully saturated rings. The van der Waals surface area contributed by atoms with Gasteiger partial charge in [-0.2, -0.15) is 0 Å². The summed E-state index contributed by atoms with van der Waals surface area (Å²) in [5, 5.41) is 0.363. The molecule has 0 saturated heterocycles. The Morgan fingerprint density at radius 1 is 1.07 bits per heavy atom. The number of hydrogen-bond acceptors (Lipinski definition) is 5. The number of carbonyl (C=O) groups is 1. The highest BCUT2D eigenvalue weighted by molar-refractivity contribution is 5.81. The van der Waals surface area contributed by atoms with E-state index in [2.05, 4.69) is 0 Å². The van der Waals surface area contributed by atoms with Gasteiger partial charge in [0.15, 0.2) is 0 Å². The lowest BCUT2D eigenvalue weighted by atomic mass is 9.92. The average Bonchev–Trinajstić information content (AvgIpc) is 2.63. The van der Waals surface area contributed by atoms with E-state index in [0.717, 1.165) is 12.0 Å². The second-order valence-corrected chi connectivity index (χ2v) is 7.86. The summed E-state index contributed by atoms with van der Waals surface area (Å²) in [6.45, 7) is 7.91. The number of ether oxygens (including phenoxy) is 2. The van der Waals surface area contributed by atoms with Gasteiger partial charge in [-0.1, -0.05) is 45.9 Å². The smallest absolute Gasteiger partial charge is 0.311 e. The van der Waals surface area contributed by atoms with Crippen molar-refractivity contribution in [1.29, 1.82) is 0 Å². The second-order valence-electron chi connectivity index (χ2n) is 7.86. The highest BCUT2D eigenvalue weighted by Crippen LogP contribution is 2.27. The third-order valence-electron chi connectivity index (χ3n) is 4.19. The van der Waals surface area contributed by atoms with Crippen molar-refractivity contribution in [3.05, 3.63) is 64.5 Å². The summed E-state index contributed by atoms with van der Waals surface area (Å²) in [5.74, 6) is 0.760. The Bertz CT molecular complexity index is 1060. The van der Waals surface area contributed by atoms with Crippen LogP contribution in [0.4, 0.5) is 0 Å². The van der Waals surface area contributed by atoms with E-state index in [1.54, 1.807) is 18.2 Å². The van der Waals surface area contributed by atoms with E-state index in [1.165, 1.54) is 6.26 Å². The normalized spacial score (nSPS) is 11.4. The van der Waals surface area contributed by atoms with Crippen molar-refractivity contribution in [2.45, 2.75) is 40.5 Å². The van der Waals surface area contributed by atoms with Gasteiger partial charge in [0.05, 0.1) is 11.8 Å². The fourth-order valence-electron chi connectivity index (χ4n) is 2.84. The Morgan fingerprint density at radius 3 is 2.54 bits per heavy atom. The molecule has 0 aliphatic heterocycles. The summed E-state index contributed by atoms with van der Waals surface area (Å²) in [4.78, 5) is 24.8. The molecule has 0 aliphatic carbocycles. The minimum atomic E-state index is -0.328. The lowest BCUT2D eigenvalue weighted by Crippen LogP contribution is -2.17. The number of fused-ring (bicyclic) bond motifs is 1. The number of hydrogen-bond donors (Lipinski definition) is 0. The zero-order chi connectivity index (χ0) is 20.3. The molecule has 0 N–H and O–H groups in total. The van der Waals surface area contributed by atoms with Gasteiger partial charge in [0.1, 0.15) is 23.3 Å². The van der Waals surface area contributed by atoms with Crippen LogP contribution in [-0.2, 0) is 11.2 Å². The van der Waals surface area contributed by atoms with E-state index < -0.39 is 0 Å². The van der Waals surface area contributed by atoms with Crippen LogP contribution in [0.1, 0.15) is 39.7 Å². The fraction of sp³-hybridized carbons (Fsp3) is 0.304. The highest BCUT2D eigenvalue weighted by atomic mass is 16.5. The van der Waals surface area contributed by atoms with Crippen molar-refractivity contribution < 1.29 is 18.7 Å². The van der Waals surface area contributed by atoms with Crippen LogP contribution in [0.25, 0.3) is 11.0 Å². The van der Waals surface area contributed by atoms with Gasteiger partial charge in [0.2, 0.25) is 11.2 Å². The molecule has 3 aromatic rings. The lowest BCUT2D eigenvalue weighted by Gasteiger charge is -2.16. The van der Waals surface area contributed by atoms with Crippen molar-refractivity contribution in [3.8, 4) is 17.2 Å². The van der Waals surface area contributed by atoms with Gasteiger partial charge in [-0.3, -0.25) is 9.59 Å². The molecule has 0 unspecified atom stereocenters. The molecule has 0 saturated carbocycles. The summed E-state index contributed by atoms with van der Waals surface area (Å²) in [7, 11) is 0. The zero-order valence-corrected chi connectivity index (χ0v) is 16.6. The lowest BCUT2D eigenvalue weighted by molar-refractivity contribution is -0.136. The molecule has 1 aromatic heterocycles. The Kier molecular flexibility index (Phi) is 5.54. The molecule has 5 heteroatoms. The predicted molar refractivity (Wildman–Crippen MR) is 108 cm³/mol. The van der Waals surface area contributed by atoms with Crippen LogP contribution in [0, 0.1) is 5.41 Å². The quantitative estimate of drug-likeness (QED) is 0.432. The van der Waals surface area contributed by atoms with Gasteiger partial charge < -0.3 is 13.9 Å². The molecule has 0 amide bonds. The standard InChI is InChI=1S/C23H24O5/c1-5-15-8-6-7-9-18(15)28-20-14-26-19-12-16(10-11-17(19)22(20)25)27-21(24)13-23(2,3)4/h6-12,14H,5,13H2,1-4H3. The highest BCUT2D eigenvalue weighted by Gasteiger charge is 2.18. The summed E-state index contributed by atoms with van der Waals surface area (Å²) in [5.41, 5.74) is 0.895. The van der Waals surface area contributed by atoms with E-state index in [0.29, 0.717) is 28.9 Å². The van der Waals surface area contributed by atoms with Crippen molar-refractivity contribution in [1.82, 2.24) is 0 Å². The summed E-state index contributed by atoms with van der Waals surface area (Å²) >= 11 is 0. The van der Waals surface area contributed by atoms with Crippen LogP contribution >= 0.6 is 0 Å². The van der Waals surface area contributed by atoms with Crippen molar-refractivity contribution in [2.24, 2.45) is 5.41 Å². The Balaban J connectivity index is 1.87. The molecule has 2 aromatic carbocycles. The minimum Gasteiger partial charge on any atom is -0.460 e. The van der Waals surface area contributed by atoms with E-state index >= 15 is 0 Å². The van der Waals surface area contributed by atoms with Gasteiger partial charge in [-0.15, -0.1) is 0 Å². The number of benzene rings is 2. The predicted octanol–water partition coefficient (Wildman–Crippen LogP) is 5.49. The summed E-state index contributed by atoms with van der Waals surface area (Å²) < 4.78 is 16.7. The third kappa shape index (κ3) is 4.60. The second kappa shape index (κ2) is 7.89. The number of esters is 1. The van der Waals surface area contributed by atoms with Crippen molar-refractivity contribution in [2.75, 3.05) is 0 Å². The Morgan fingerprint density at radius 2 is 1.82 bits per heavy atom. The molecule has 146 valence electrons. The maximum atomic E-state index is 12.8. The molecule has 28 heavy (non-hydrogen) atoms. The molecule has 0 spiro atoms. The number of para-hydroxylation sites is 1. The van der Waals surface area contributed by atoms with Gasteiger partial charge in [0.25, 0.3) is 0 Å². The average molecular weight is 380 g/mol. The molecular formula is C23H24O5. The van der Waals surface area contributed by atoms with Gasteiger partial charge in [-0.05, 0) is 35.6 Å². The van der Waals surface area contributed by atoms with Gasteiger partial charge >= 0.3 is 5.97 Å². The zero-order valence-electron chi connectivity index (χ0n) is 16.6. The van der Waals surface area contributed by atoms with E-state index in [4.69, 9.17) is 13.9 Å². The number of aryl methyl sites for hydroxylation is 1. The molecule has 3 rings (SSSR count). The summed E-state index contributed by atoms with van der Waals surface area (Å²) in [6, 6.07) is 12.3. The first kappa shape index (κ1) is 19.7. The van der Waals surface area contributed by atoms with Crippen LogP contribution in [0.2, 0.25) is 0 Å². The van der Waals surface area contributed by atoms with Gasteiger partial charge in [-0.25, -0.2) is 0 Å². The van der Waals surface area contributed by atoms with Crippen LogP contribution in [0.15, 0.2) is 57.9 Å². The first-order valence-electron chi connectivity index (χ1n) is 9.29. The largest absolute Gasteiger partial charge is 0.460 e. The monoisotopic (exact) mass is 380 g/mol.